The maximum Gasteiger partial charge on any atom is 0.256 e. The van der Waals surface area contributed by atoms with Gasteiger partial charge in [0.25, 0.3) is 6.71 Å². The summed E-state index contributed by atoms with van der Waals surface area (Å²) in [5, 5.41) is 7.41. The maximum atomic E-state index is 7.74. The van der Waals surface area contributed by atoms with E-state index in [2.05, 4.69) is 290 Å². The van der Waals surface area contributed by atoms with Gasteiger partial charge < -0.3 is 18.8 Å². The van der Waals surface area contributed by atoms with Crippen molar-refractivity contribution in [3.8, 4) is 50.6 Å². The fourth-order valence-corrected chi connectivity index (χ4v) is 13.6. The Labute approximate surface area is 460 Å². The molecule has 0 saturated carbocycles. The summed E-state index contributed by atoms with van der Waals surface area (Å²) in [6.07, 6.45) is 5.73. The van der Waals surface area contributed by atoms with Crippen LogP contribution in [0, 0.1) is 0 Å². The molecule has 1 atom stereocenters. The van der Waals surface area contributed by atoms with E-state index in [9.17, 15) is 0 Å². The van der Waals surface area contributed by atoms with Crippen molar-refractivity contribution in [3.63, 3.8) is 0 Å². The summed E-state index contributed by atoms with van der Waals surface area (Å²) in [6.45, 7) is 6.69. The average molecular weight is 1010 g/mol. The molecule has 4 nitrogen and oxygen atoms in total. The van der Waals surface area contributed by atoms with Crippen molar-refractivity contribution in [2.45, 2.75) is 38.6 Å². The van der Waals surface area contributed by atoms with E-state index < -0.39 is 0 Å². The molecular formula is C74H54BN3O. The SMILES string of the molecule is CC(C)(C)c1ccc(-c2cc3c4c(c2)N(c2cc5ccccc5cc2-c2ccccc2)C2=C(C=CC(n5c6ccccc6c6ccccc65)C2)B4c2cc(-n4c5ccccc5c5ccccc54)cc(-c4ccccc4)c2O3)cc1. The van der Waals surface area contributed by atoms with Crippen molar-refractivity contribution in [2.24, 2.45) is 0 Å². The van der Waals surface area contributed by atoms with Crippen LogP contribution in [0.4, 0.5) is 11.4 Å². The van der Waals surface area contributed by atoms with E-state index in [4.69, 9.17) is 4.74 Å². The zero-order valence-electron chi connectivity index (χ0n) is 44.4. The Balaban J connectivity index is 1.02. The van der Waals surface area contributed by atoms with Crippen LogP contribution in [-0.2, 0) is 5.41 Å². The Morgan fingerprint density at radius 1 is 0.468 bits per heavy atom. The van der Waals surface area contributed by atoms with Gasteiger partial charge in [-0.2, -0.15) is 0 Å². The van der Waals surface area contributed by atoms with E-state index in [-0.39, 0.29) is 18.2 Å². The minimum absolute atomic E-state index is 0.00366. The molecule has 5 heteroatoms. The molecule has 0 bridgehead atoms. The normalized spacial score (nSPS) is 14.8. The summed E-state index contributed by atoms with van der Waals surface area (Å²) in [6, 6.07) is 90.0. The summed E-state index contributed by atoms with van der Waals surface area (Å²) in [4.78, 5) is 2.65. The highest BCUT2D eigenvalue weighted by atomic mass is 16.5. The standard InChI is InChI=1S/C74H54BN3O/c1-74(2,3)53-36-34-47(35-37-53)52-42-70-72-71(43-52)79-73-61(49-22-8-5-9-23-49)44-55(77-66-32-18-14-28-58(66)59-29-15-19-33-67(59)77)45-63(73)75(72)62-39-38-54(76-64-30-16-12-26-56(64)57-27-13-17-31-65(57)76)46-69(62)78(70)68-41-51-25-11-10-24-50(51)40-60(68)48-20-6-4-7-21-48/h4-45,54H,46H2,1-3H3. The Bertz CT molecular complexity index is 4600. The molecule has 79 heavy (non-hydrogen) atoms. The van der Waals surface area contributed by atoms with Gasteiger partial charge in [0.2, 0.25) is 0 Å². The smallest absolute Gasteiger partial charge is 0.256 e. The largest absolute Gasteiger partial charge is 0.458 e. The second kappa shape index (κ2) is 17.5. The number of aromatic nitrogens is 2. The van der Waals surface area contributed by atoms with Crippen LogP contribution >= 0.6 is 0 Å². The van der Waals surface area contributed by atoms with Gasteiger partial charge in [0.15, 0.2) is 0 Å². The van der Waals surface area contributed by atoms with Crippen molar-refractivity contribution < 1.29 is 4.74 Å². The van der Waals surface area contributed by atoms with E-state index in [1.807, 2.05) is 0 Å². The topological polar surface area (TPSA) is 22.3 Å². The number of hydrogen-bond donors (Lipinski definition) is 0. The lowest BCUT2D eigenvalue weighted by Gasteiger charge is -2.44. The van der Waals surface area contributed by atoms with Crippen LogP contribution in [0.2, 0.25) is 0 Å². The fraction of sp³-hybridized carbons (Fsp3) is 0.0811. The highest BCUT2D eigenvalue weighted by Crippen LogP contribution is 2.52. The molecule has 0 fully saturated rings. The molecule has 0 radical (unpaired) electrons. The first-order valence-corrected chi connectivity index (χ1v) is 27.8. The lowest BCUT2D eigenvalue weighted by atomic mass is 9.33. The van der Waals surface area contributed by atoms with E-state index in [1.165, 1.54) is 87.7 Å². The van der Waals surface area contributed by atoms with Gasteiger partial charge in [0, 0.05) is 67.2 Å². The van der Waals surface area contributed by atoms with E-state index in [1.54, 1.807) is 0 Å². The fourth-order valence-electron chi connectivity index (χ4n) is 13.6. The predicted molar refractivity (Wildman–Crippen MR) is 333 cm³/mol. The molecule has 11 aromatic carbocycles. The zero-order chi connectivity index (χ0) is 52.5. The van der Waals surface area contributed by atoms with Gasteiger partial charge in [-0.1, -0.05) is 215 Å². The molecule has 0 amide bonds. The number of ether oxygens (including phenoxy) is 1. The minimum atomic E-state index is -0.177. The molecule has 4 heterocycles. The van der Waals surface area contributed by atoms with Crippen LogP contribution in [0.15, 0.2) is 266 Å². The molecule has 3 aliphatic rings. The number of benzene rings is 11. The lowest BCUT2D eigenvalue weighted by Crippen LogP contribution is -2.54. The summed E-state index contributed by atoms with van der Waals surface area (Å²) < 4.78 is 12.8. The molecule has 16 rings (SSSR count). The number of fused-ring (bicyclic) bond motifs is 10. The zero-order valence-corrected chi connectivity index (χ0v) is 44.4. The molecule has 2 aliphatic heterocycles. The van der Waals surface area contributed by atoms with Crippen molar-refractivity contribution >= 4 is 83.4 Å². The molecule has 0 saturated heterocycles. The van der Waals surface area contributed by atoms with Crippen LogP contribution in [0.3, 0.4) is 0 Å². The van der Waals surface area contributed by atoms with Gasteiger partial charge in [-0.25, -0.2) is 0 Å². The predicted octanol–water partition coefficient (Wildman–Crippen LogP) is 18.2. The van der Waals surface area contributed by atoms with Gasteiger partial charge in [0.05, 0.1) is 22.8 Å². The summed E-state index contributed by atoms with van der Waals surface area (Å²) in [5.74, 6) is 1.77. The van der Waals surface area contributed by atoms with E-state index in [0.717, 1.165) is 62.7 Å². The third-order valence-corrected chi connectivity index (χ3v) is 17.2. The van der Waals surface area contributed by atoms with Crippen LogP contribution in [0.5, 0.6) is 11.5 Å². The first kappa shape index (κ1) is 45.6. The van der Waals surface area contributed by atoms with Gasteiger partial charge in [-0.3, -0.25) is 0 Å². The highest BCUT2D eigenvalue weighted by molar-refractivity contribution is 6.94. The number of nitrogens with zero attached hydrogens (tertiary/aromatic N) is 3. The van der Waals surface area contributed by atoms with Crippen LogP contribution in [0.25, 0.3) is 93.5 Å². The molecule has 1 unspecified atom stereocenters. The minimum Gasteiger partial charge on any atom is -0.458 e. The van der Waals surface area contributed by atoms with Crippen molar-refractivity contribution in [1.82, 2.24) is 9.13 Å². The van der Waals surface area contributed by atoms with E-state index in [0.29, 0.717) is 0 Å². The number of anilines is 2. The second-order valence-electron chi connectivity index (χ2n) is 22.8. The number of allylic oxidation sites excluding steroid dienone is 4. The lowest BCUT2D eigenvalue weighted by molar-refractivity contribution is 0.489. The molecule has 2 aromatic heterocycles. The Morgan fingerprint density at radius 3 is 1.63 bits per heavy atom. The Hall–Kier alpha value is -9.58. The molecule has 1 aliphatic carbocycles. The van der Waals surface area contributed by atoms with Gasteiger partial charge in [-0.15, -0.1) is 0 Å². The monoisotopic (exact) mass is 1010 g/mol. The van der Waals surface area contributed by atoms with Crippen LogP contribution < -0.4 is 20.6 Å². The molecule has 13 aromatic rings. The van der Waals surface area contributed by atoms with Gasteiger partial charge in [-0.05, 0) is 121 Å². The molecular weight excluding hydrogens is 958 g/mol. The Kier molecular flexibility index (Phi) is 10.1. The highest BCUT2D eigenvalue weighted by Gasteiger charge is 2.46. The van der Waals surface area contributed by atoms with Crippen molar-refractivity contribution in [1.29, 1.82) is 0 Å². The first-order chi connectivity index (χ1) is 38.8. The molecule has 374 valence electrons. The quantitative estimate of drug-likeness (QED) is 0.155. The Morgan fingerprint density at radius 2 is 1.01 bits per heavy atom. The van der Waals surface area contributed by atoms with Crippen LogP contribution in [-0.4, -0.2) is 15.8 Å². The second-order valence-corrected chi connectivity index (χ2v) is 22.8. The first-order valence-electron chi connectivity index (χ1n) is 27.8. The molecule has 0 spiro atoms. The summed E-state index contributed by atoms with van der Waals surface area (Å²) in [7, 11) is 0. The summed E-state index contributed by atoms with van der Waals surface area (Å²) >= 11 is 0. The van der Waals surface area contributed by atoms with E-state index >= 15 is 0 Å². The average Bonchev–Trinajstić information content (AvgIpc) is 4.10. The van der Waals surface area contributed by atoms with Crippen molar-refractivity contribution in [2.75, 3.05) is 4.90 Å². The summed E-state index contributed by atoms with van der Waals surface area (Å²) in [5.41, 5.74) is 21.2. The maximum absolute atomic E-state index is 7.74. The van der Waals surface area contributed by atoms with Crippen LogP contribution in [0.1, 0.15) is 38.8 Å². The third kappa shape index (κ3) is 7.09. The van der Waals surface area contributed by atoms with Crippen molar-refractivity contribution in [3.05, 3.63) is 272 Å². The molecule has 0 N–H and O–H groups in total. The number of hydrogen-bond acceptors (Lipinski definition) is 2. The third-order valence-electron chi connectivity index (χ3n) is 17.2. The number of para-hydroxylation sites is 4. The van der Waals surface area contributed by atoms with Gasteiger partial charge in [0.1, 0.15) is 11.5 Å². The van der Waals surface area contributed by atoms with Gasteiger partial charge >= 0.3 is 0 Å². The number of rotatable bonds is 6.